The van der Waals surface area contributed by atoms with Gasteiger partial charge in [0, 0.05) is 10.9 Å². The van der Waals surface area contributed by atoms with Gasteiger partial charge < -0.3 is 4.74 Å². The molecule has 0 bridgehead atoms. The zero-order valence-electron chi connectivity index (χ0n) is 12.5. The molecule has 136 valence electrons. The molecule has 0 heterocycles. The van der Waals surface area contributed by atoms with Crippen molar-refractivity contribution in [2.75, 3.05) is 7.11 Å². The van der Waals surface area contributed by atoms with Gasteiger partial charge >= 0.3 is 18.1 Å². The van der Waals surface area contributed by atoms with Crippen LogP contribution in [0.15, 0.2) is 41.5 Å². The van der Waals surface area contributed by atoms with Crippen molar-refractivity contribution in [1.29, 1.82) is 0 Å². The molecular formula is C15H11F7N2O. The molecule has 0 fully saturated rings. The molecule has 0 aromatic heterocycles. The first-order valence-electron chi connectivity index (χ1n) is 6.69. The monoisotopic (exact) mass is 368 g/mol. The van der Waals surface area contributed by atoms with Gasteiger partial charge in [0.15, 0.2) is 0 Å². The molecule has 2 aromatic carbocycles. The lowest BCUT2D eigenvalue weighted by atomic mass is 10.0. The molecule has 0 amide bonds. The van der Waals surface area contributed by atoms with Crippen LogP contribution in [0.1, 0.15) is 5.56 Å². The van der Waals surface area contributed by atoms with E-state index in [0.29, 0.717) is 21.9 Å². The van der Waals surface area contributed by atoms with Gasteiger partial charge in [-0.15, -0.1) is 0 Å². The van der Waals surface area contributed by atoms with E-state index < -0.39 is 18.1 Å². The highest BCUT2D eigenvalue weighted by molar-refractivity contribution is 6.02. The maximum Gasteiger partial charge on any atom is 0.462 e. The van der Waals surface area contributed by atoms with E-state index >= 15 is 0 Å². The Hall–Kier alpha value is -2.52. The summed E-state index contributed by atoms with van der Waals surface area (Å²) in [4.78, 5) is 0. The first-order valence-corrected chi connectivity index (χ1v) is 6.69. The fourth-order valence-electron chi connectivity index (χ4n) is 2.02. The van der Waals surface area contributed by atoms with Gasteiger partial charge in [-0.2, -0.15) is 35.8 Å². The van der Waals surface area contributed by atoms with Crippen LogP contribution in [0.25, 0.3) is 10.8 Å². The predicted molar refractivity (Wildman–Crippen MR) is 77.2 cm³/mol. The minimum Gasteiger partial charge on any atom is -0.496 e. The van der Waals surface area contributed by atoms with Crippen molar-refractivity contribution < 1.29 is 35.5 Å². The number of fused-ring (bicyclic) bond motifs is 1. The third kappa shape index (κ3) is 3.47. The number of hydrogen-bond donors (Lipinski definition) is 1. The number of nitrogens with one attached hydrogen (secondary N) is 1. The summed E-state index contributed by atoms with van der Waals surface area (Å²) < 4.78 is 93.0. The fourth-order valence-corrected chi connectivity index (χ4v) is 2.02. The van der Waals surface area contributed by atoms with Gasteiger partial charge in [0.25, 0.3) is 0 Å². The van der Waals surface area contributed by atoms with Gasteiger partial charge in [0.2, 0.25) is 0 Å². The molecule has 0 radical (unpaired) electrons. The summed E-state index contributed by atoms with van der Waals surface area (Å²) in [5.41, 5.74) is 0.800. The maximum atomic E-state index is 13.1. The Morgan fingerprint density at radius 1 is 0.920 bits per heavy atom. The van der Waals surface area contributed by atoms with Gasteiger partial charge in [-0.3, -0.25) is 0 Å². The number of hydrogen-bond acceptors (Lipinski definition) is 3. The van der Waals surface area contributed by atoms with Crippen LogP contribution in [0.4, 0.5) is 30.7 Å². The van der Waals surface area contributed by atoms with Crippen molar-refractivity contribution in [1.82, 2.24) is 5.43 Å². The lowest BCUT2D eigenvalue weighted by Gasteiger charge is -2.27. The molecule has 0 saturated heterocycles. The summed E-state index contributed by atoms with van der Waals surface area (Å²) in [5.74, 6) is -5.81. The number of nitrogens with zero attached hydrogens (tertiary/aromatic N) is 1. The smallest absolute Gasteiger partial charge is 0.462 e. The molecule has 2 aromatic rings. The van der Waals surface area contributed by atoms with Crippen molar-refractivity contribution in [3.05, 3.63) is 42.0 Å². The number of methoxy groups -OCH3 is 1. The normalized spacial score (nSPS) is 13.4. The summed E-state index contributed by atoms with van der Waals surface area (Å²) in [7, 11) is 1.41. The Morgan fingerprint density at radius 3 is 2.08 bits per heavy atom. The average Bonchev–Trinajstić information content (AvgIpc) is 2.53. The number of hydrazone groups is 1. The topological polar surface area (TPSA) is 33.6 Å². The van der Waals surface area contributed by atoms with Gasteiger partial charge in [-0.1, -0.05) is 24.3 Å². The van der Waals surface area contributed by atoms with Crippen molar-refractivity contribution in [2.24, 2.45) is 5.10 Å². The second-order valence-electron chi connectivity index (χ2n) is 4.92. The first-order chi connectivity index (χ1) is 11.5. The molecule has 0 saturated carbocycles. The van der Waals surface area contributed by atoms with Crippen LogP contribution >= 0.6 is 0 Å². The van der Waals surface area contributed by atoms with Gasteiger partial charge in [0.05, 0.1) is 13.3 Å². The third-order valence-electron chi connectivity index (χ3n) is 3.30. The Bertz CT molecular complexity index is 787. The summed E-state index contributed by atoms with van der Waals surface area (Å²) in [5, 5.41) is 3.92. The highest BCUT2D eigenvalue weighted by Crippen LogP contribution is 2.45. The minimum atomic E-state index is -6.42. The SMILES string of the molecule is COc1ccc(/C=N/NC(F)(F)C(F)(F)C(F)(F)F)c2ccccc12. The zero-order chi connectivity index (χ0) is 18.9. The van der Waals surface area contributed by atoms with E-state index in [1.165, 1.54) is 19.2 Å². The van der Waals surface area contributed by atoms with Crippen LogP contribution < -0.4 is 10.2 Å². The molecular weight excluding hydrogens is 357 g/mol. The second-order valence-corrected chi connectivity index (χ2v) is 4.92. The van der Waals surface area contributed by atoms with E-state index in [0.717, 1.165) is 6.21 Å². The van der Waals surface area contributed by atoms with E-state index in [2.05, 4.69) is 5.10 Å². The van der Waals surface area contributed by atoms with Crippen LogP contribution in [-0.4, -0.2) is 31.5 Å². The molecule has 0 unspecified atom stereocenters. The standard InChI is InChI=1S/C15H11F7N2O/c1-25-12-7-6-9(10-4-2-3-5-11(10)12)8-23-24-15(21,22)13(16,17)14(18,19)20/h2-8,24H,1H3/b23-8+. The summed E-state index contributed by atoms with van der Waals surface area (Å²) in [6.07, 6.45) is -5.70. The van der Waals surface area contributed by atoms with E-state index in [1.807, 2.05) is 0 Å². The first kappa shape index (κ1) is 18.8. The number of rotatable bonds is 5. The van der Waals surface area contributed by atoms with Crippen LogP contribution in [0.3, 0.4) is 0 Å². The Kier molecular flexibility index (Phi) is 4.83. The van der Waals surface area contributed by atoms with E-state index in [-0.39, 0.29) is 5.56 Å². The third-order valence-corrected chi connectivity index (χ3v) is 3.30. The Balaban J connectivity index is 2.30. The molecule has 10 heteroatoms. The van der Waals surface area contributed by atoms with Gasteiger partial charge in [-0.25, -0.2) is 5.43 Å². The van der Waals surface area contributed by atoms with Crippen molar-refractivity contribution in [3.8, 4) is 5.75 Å². The van der Waals surface area contributed by atoms with E-state index in [4.69, 9.17) is 4.74 Å². The van der Waals surface area contributed by atoms with Crippen molar-refractivity contribution in [3.63, 3.8) is 0 Å². The molecule has 0 spiro atoms. The molecule has 1 N–H and O–H groups in total. The largest absolute Gasteiger partial charge is 0.496 e. The van der Waals surface area contributed by atoms with Crippen LogP contribution in [-0.2, 0) is 0 Å². The maximum absolute atomic E-state index is 13.1. The van der Waals surface area contributed by atoms with Crippen LogP contribution in [0.2, 0.25) is 0 Å². The van der Waals surface area contributed by atoms with Crippen LogP contribution in [0.5, 0.6) is 5.75 Å². The Labute approximate surface area is 137 Å². The highest BCUT2D eigenvalue weighted by Gasteiger charge is 2.73. The minimum absolute atomic E-state index is 0.218. The molecule has 0 aliphatic heterocycles. The molecule has 0 aliphatic rings. The number of halogens is 7. The summed E-state index contributed by atoms with van der Waals surface area (Å²) in [6, 6.07) is 3.82. The molecule has 2 rings (SSSR count). The lowest BCUT2D eigenvalue weighted by molar-refractivity contribution is -0.361. The average molecular weight is 368 g/mol. The number of benzene rings is 2. The van der Waals surface area contributed by atoms with Gasteiger partial charge in [-0.05, 0) is 17.5 Å². The summed E-state index contributed by atoms with van der Waals surface area (Å²) >= 11 is 0. The van der Waals surface area contributed by atoms with Gasteiger partial charge in [0.1, 0.15) is 5.75 Å². The Morgan fingerprint density at radius 2 is 1.52 bits per heavy atom. The van der Waals surface area contributed by atoms with E-state index in [9.17, 15) is 30.7 Å². The van der Waals surface area contributed by atoms with Crippen molar-refractivity contribution in [2.45, 2.75) is 18.1 Å². The molecule has 0 atom stereocenters. The molecule has 3 nitrogen and oxygen atoms in total. The highest BCUT2D eigenvalue weighted by atomic mass is 19.4. The quantitative estimate of drug-likeness (QED) is 0.363. The fraction of sp³-hybridized carbons (Fsp3) is 0.267. The molecule has 25 heavy (non-hydrogen) atoms. The number of ether oxygens (including phenoxy) is 1. The second kappa shape index (κ2) is 6.41. The zero-order valence-corrected chi connectivity index (χ0v) is 12.5. The predicted octanol–water partition coefficient (Wildman–Crippen LogP) is 4.56. The number of alkyl halides is 7. The lowest BCUT2D eigenvalue weighted by Crippen LogP contribution is -2.58. The summed E-state index contributed by atoms with van der Waals surface area (Å²) in [6.45, 7) is 0. The van der Waals surface area contributed by atoms with Crippen LogP contribution in [0, 0.1) is 0 Å². The molecule has 0 aliphatic carbocycles. The van der Waals surface area contributed by atoms with E-state index in [1.54, 1.807) is 24.3 Å². The van der Waals surface area contributed by atoms with Crippen molar-refractivity contribution >= 4 is 17.0 Å².